The highest BCUT2D eigenvalue weighted by molar-refractivity contribution is 5.48. The second-order valence-corrected chi connectivity index (χ2v) is 5.83. The van der Waals surface area contributed by atoms with Gasteiger partial charge in [-0.2, -0.15) is 0 Å². The highest BCUT2D eigenvalue weighted by atomic mass is 16.5. The first-order valence-corrected chi connectivity index (χ1v) is 6.73. The highest BCUT2D eigenvalue weighted by Gasteiger charge is 2.33. The van der Waals surface area contributed by atoms with Crippen molar-refractivity contribution in [1.29, 1.82) is 0 Å². The van der Waals surface area contributed by atoms with Gasteiger partial charge in [0.05, 0.1) is 24.4 Å². The standard InChI is InChI=1S/C15H23NO3/c1-11(18)12-4-6-13(7-5-12)16-8-14(9-17)19-15(2,3)10-16/h4-7,11,14,17-18H,8-10H2,1-3H3/t11-,14?/m0/s1. The van der Waals surface area contributed by atoms with Crippen LogP contribution in [-0.2, 0) is 4.74 Å². The van der Waals surface area contributed by atoms with Crippen LogP contribution >= 0.6 is 0 Å². The molecule has 0 radical (unpaired) electrons. The van der Waals surface area contributed by atoms with Crippen LogP contribution in [0.25, 0.3) is 0 Å². The second kappa shape index (κ2) is 5.49. The van der Waals surface area contributed by atoms with Crippen LogP contribution in [0.2, 0.25) is 0 Å². The summed E-state index contributed by atoms with van der Waals surface area (Å²) in [7, 11) is 0. The Balaban J connectivity index is 2.16. The fraction of sp³-hybridized carbons (Fsp3) is 0.600. The minimum Gasteiger partial charge on any atom is -0.394 e. The van der Waals surface area contributed by atoms with Gasteiger partial charge < -0.3 is 19.8 Å². The second-order valence-electron chi connectivity index (χ2n) is 5.83. The summed E-state index contributed by atoms with van der Waals surface area (Å²) >= 11 is 0. The molecule has 1 fully saturated rings. The predicted octanol–water partition coefficient (Wildman–Crippen LogP) is 1.72. The van der Waals surface area contributed by atoms with Gasteiger partial charge in [-0.1, -0.05) is 12.1 Å². The largest absolute Gasteiger partial charge is 0.394 e. The molecule has 2 atom stereocenters. The molecule has 19 heavy (non-hydrogen) atoms. The molecule has 1 aromatic rings. The smallest absolute Gasteiger partial charge is 0.0988 e. The first kappa shape index (κ1) is 14.3. The maximum Gasteiger partial charge on any atom is 0.0988 e. The van der Waals surface area contributed by atoms with Gasteiger partial charge in [-0.25, -0.2) is 0 Å². The minimum absolute atomic E-state index is 0.0334. The van der Waals surface area contributed by atoms with Gasteiger partial charge in [-0.05, 0) is 38.5 Å². The fourth-order valence-corrected chi connectivity index (χ4v) is 2.55. The number of rotatable bonds is 3. The van der Waals surface area contributed by atoms with E-state index in [1.54, 1.807) is 6.92 Å². The molecule has 1 aliphatic heterocycles. The van der Waals surface area contributed by atoms with E-state index < -0.39 is 6.10 Å². The van der Waals surface area contributed by atoms with Gasteiger partial charge in [0, 0.05) is 18.8 Å². The molecule has 1 unspecified atom stereocenters. The van der Waals surface area contributed by atoms with Crippen LogP contribution in [0.15, 0.2) is 24.3 Å². The molecular formula is C15H23NO3. The lowest BCUT2D eigenvalue weighted by atomic mass is 10.0. The molecule has 0 aliphatic carbocycles. The number of nitrogens with zero attached hydrogens (tertiary/aromatic N) is 1. The third kappa shape index (κ3) is 3.47. The number of benzene rings is 1. The Morgan fingerprint density at radius 1 is 1.37 bits per heavy atom. The number of hydrogen-bond acceptors (Lipinski definition) is 4. The zero-order valence-corrected chi connectivity index (χ0v) is 11.8. The molecule has 0 spiro atoms. The molecule has 1 saturated heterocycles. The maximum atomic E-state index is 9.52. The molecule has 0 aromatic heterocycles. The van der Waals surface area contributed by atoms with Crippen molar-refractivity contribution < 1.29 is 14.9 Å². The van der Waals surface area contributed by atoms with E-state index in [2.05, 4.69) is 4.90 Å². The average Bonchev–Trinajstić information content (AvgIpc) is 2.37. The maximum absolute atomic E-state index is 9.52. The fourth-order valence-electron chi connectivity index (χ4n) is 2.55. The number of morpholine rings is 1. The van der Waals surface area contributed by atoms with Crippen LogP contribution < -0.4 is 4.90 Å². The van der Waals surface area contributed by atoms with Gasteiger partial charge in [0.1, 0.15) is 0 Å². The SMILES string of the molecule is C[C@H](O)c1ccc(N2CC(CO)OC(C)(C)C2)cc1. The van der Waals surface area contributed by atoms with E-state index >= 15 is 0 Å². The van der Waals surface area contributed by atoms with Crippen LogP contribution in [0.3, 0.4) is 0 Å². The molecule has 0 bridgehead atoms. The lowest BCUT2D eigenvalue weighted by Crippen LogP contribution is -2.54. The van der Waals surface area contributed by atoms with Gasteiger partial charge in [-0.3, -0.25) is 0 Å². The number of hydrogen-bond donors (Lipinski definition) is 2. The molecule has 2 rings (SSSR count). The van der Waals surface area contributed by atoms with Crippen molar-refractivity contribution in [2.75, 3.05) is 24.6 Å². The van der Waals surface area contributed by atoms with Crippen molar-refractivity contribution in [3.8, 4) is 0 Å². The average molecular weight is 265 g/mol. The summed E-state index contributed by atoms with van der Waals surface area (Å²) in [6, 6.07) is 7.91. The van der Waals surface area contributed by atoms with E-state index in [0.29, 0.717) is 6.54 Å². The van der Waals surface area contributed by atoms with E-state index in [0.717, 1.165) is 17.8 Å². The van der Waals surface area contributed by atoms with Gasteiger partial charge in [0.15, 0.2) is 0 Å². The van der Waals surface area contributed by atoms with Crippen molar-refractivity contribution >= 4 is 5.69 Å². The van der Waals surface area contributed by atoms with Crippen molar-refractivity contribution in [2.45, 2.75) is 38.6 Å². The summed E-state index contributed by atoms with van der Waals surface area (Å²) in [5, 5.41) is 18.8. The Bertz CT molecular complexity index is 414. The topological polar surface area (TPSA) is 52.9 Å². The molecular weight excluding hydrogens is 242 g/mol. The van der Waals surface area contributed by atoms with Crippen LogP contribution in [0.1, 0.15) is 32.4 Å². The third-order valence-corrected chi connectivity index (χ3v) is 3.43. The molecule has 1 aromatic carbocycles. The van der Waals surface area contributed by atoms with Crippen LogP contribution in [0.4, 0.5) is 5.69 Å². The lowest BCUT2D eigenvalue weighted by Gasteiger charge is -2.43. The molecule has 1 aliphatic rings. The number of anilines is 1. The Hall–Kier alpha value is -1.10. The summed E-state index contributed by atoms with van der Waals surface area (Å²) < 4.78 is 5.80. The van der Waals surface area contributed by atoms with Gasteiger partial charge in [0.2, 0.25) is 0 Å². The highest BCUT2D eigenvalue weighted by Crippen LogP contribution is 2.27. The molecule has 1 heterocycles. The van der Waals surface area contributed by atoms with Crippen molar-refractivity contribution in [2.24, 2.45) is 0 Å². The predicted molar refractivity (Wildman–Crippen MR) is 75.3 cm³/mol. The number of aliphatic hydroxyl groups is 2. The Morgan fingerprint density at radius 2 is 2.00 bits per heavy atom. The van der Waals surface area contributed by atoms with Gasteiger partial charge >= 0.3 is 0 Å². The first-order chi connectivity index (χ1) is 8.91. The quantitative estimate of drug-likeness (QED) is 0.873. The molecule has 0 saturated carbocycles. The molecule has 4 heteroatoms. The first-order valence-electron chi connectivity index (χ1n) is 6.73. The van der Waals surface area contributed by atoms with Crippen molar-refractivity contribution in [3.05, 3.63) is 29.8 Å². The lowest BCUT2D eigenvalue weighted by molar-refractivity contribution is -0.101. The normalized spacial score (nSPS) is 24.3. The van der Waals surface area contributed by atoms with Crippen molar-refractivity contribution in [1.82, 2.24) is 0 Å². The van der Waals surface area contributed by atoms with Gasteiger partial charge in [-0.15, -0.1) is 0 Å². The number of aliphatic hydroxyl groups excluding tert-OH is 2. The van der Waals surface area contributed by atoms with Crippen molar-refractivity contribution in [3.63, 3.8) is 0 Å². The molecule has 2 N–H and O–H groups in total. The Labute approximate surface area is 114 Å². The van der Waals surface area contributed by atoms with E-state index in [1.807, 2.05) is 38.1 Å². The van der Waals surface area contributed by atoms with Crippen LogP contribution in [0, 0.1) is 0 Å². The zero-order valence-electron chi connectivity index (χ0n) is 11.8. The van der Waals surface area contributed by atoms with E-state index in [-0.39, 0.29) is 18.3 Å². The third-order valence-electron chi connectivity index (χ3n) is 3.43. The summed E-state index contributed by atoms with van der Waals surface area (Å²) in [5.74, 6) is 0. The summed E-state index contributed by atoms with van der Waals surface area (Å²) in [6.45, 7) is 7.34. The monoisotopic (exact) mass is 265 g/mol. The molecule has 0 amide bonds. The zero-order chi connectivity index (χ0) is 14.0. The van der Waals surface area contributed by atoms with E-state index in [9.17, 15) is 10.2 Å². The summed E-state index contributed by atoms with van der Waals surface area (Å²) in [5.41, 5.74) is 1.74. The molecule has 106 valence electrons. The minimum atomic E-state index is -0.444. The summed E-state index contributed by atoms with van der Waals surface area (Å²) in [4.78, 5) is 2.22. The van der Waals surface area contributed by atoms with E-state index in [4.69, 9.17) is 4.74 Å². The van der Waals surface area contributed by atoms with Gasteiger partial charge in [0.25, 0.3) is 0 Å². The number of ether oxygens (including phenoxy) is 1. The molecule has 4 nitrogen and oxygen atoms in total. The summed E-state index contributed by atoms with van der Waals surface area (Å²) in [6.07, 6.45) is -0.597. The Kier molecular flexibility index (Phi) is 4.13. The Morgan fingerprint density at radius 3 is 2.53 bits per heavy atom. The van der Waals surface area contributed by atoms with Crippen LogP contribution in [-0.4, -0.2) is 41.6 Å². The van der Waals surface area contributed by atoms with E-state index in [1.165, 1.54) is 0 Å². The van der Waals surface area contributed by atoms with Crippen LogP contribution in [0.5, 0.6) is 0 Å².